The van der Waals surface area contributed by atoms with Crippen molar-refractivity contribution in [3.8, 4) is 5.75 Å². The first-order valence-corrected chi connectivity index (χ1v) is 7.34. The molecule has 1 aromatic heterocycles. The number of Topliss-reactive ketones (excluding diaryl/α,β-unsaturated/α-hetero) is 1. The number of ether oxygens (including phenoxy) is 1. The Balaban J connectivity index is 1.72. The molecule has 0 amide bonds. The van der Waals surface area contributed by atoms with Gasteiger partial charge in [-0.25, -0.2) is 9.37 Å². The Kier molecular flexibility index (Phi) is 3.53. The predicted molar refractivity (Wildman–Crippen MR) is 74.8 cm³/mol. The molecule has 20 heavy (non-hydrogen) atoms. The van der Waals surface area contributed by atoms with Gasteiger partial charge in [0.15, 0.2) is 5.78 Å². The number of hydrogen-bond donors (Lipinski definition) is 0. The molecule has 0 N–H and O–H groups in total. The van der Waals surface area contributed by atoms with Crippen molar-refractivity contribution in [2.45, 2.75) is 32.3 Å². The number of benzene rings is 1. The first-order valence-electron chi connectivity index (χ1n) is 6.52. The highest BCUT2D eigenvalue weighted by Crippen LogP contribution is 2.42. The average molecular weight is 291 g/mol. The van der Waals surface area contributed by atoms with Crippen LogP contribution in [-0.2, 0) is 6.61 Å². The first kappa shape index (κ1) is 13.2. The van der Waals surface area contributed by atoms with E-state index in [2.05, 4.69) is 4.98 Å². The van der Waals surface area contributed by atoms with E-state index in [-0.39, 0.29) is 11.6 Å². The van der Waals surface area contributed by atoms with Crippen molar-refractivity contribution in [2.75, 3.05) is 0 Å². The van der Waals surface area contributed by atoms with E-state index in [0.29, 0.717) is 18.3 Å². The topological polar surface area (TPSA) is 39.2 Å². The van der Waals surface area contributed by atoms with Gasteiger partial charge in [-0.15, -0.1) is 11.3 Å². The normalized spacial score (nSPS) is 14.3. The number of thiazole rings is 1. The second-order valence-corrected chi connectivity index (χ2v) is 5.98. The number of carbonyl (C=O) groups is 1. The van der Waals surface area contributed by atoms with Crippen molar-refractivity contribution in [3.63, 3.8) is 0 Å². The monoisotopic (exact) mass is 291 g/mol. The molecule has 5 heteroatoms. The number of rotatable bonds is 5. The number of halogens is 1. The summed E-state index contributed by atoms with van der Waals surface area (Å²) in [6, 6.07) is 5.87. The van der Waals surface area contributed by atoms with Crippen LogP contribution in [0, 0.1) is 5.82 Å². The molecule has 0 radical (unpaired) electrons. The average Bonchev–Trinajstić information content (AvgIpc) is 3.18. The van der Waals surface area contributed by atoms with E-state index in [0.717, 1.165) is 28.4 Å². The summed E-state index contributed by atoms with van der Waals surface area (Å²) in [5.74, 6) is 0.822. The van der Waals surface area contributed by atoms with Crippen LogP contribution >= 0.6 is 11.3 Å². The Hall–Kier alpha value is -1.75. The van der Waals surface area contributed by atoms with Crippen molar-refractivity contribution >= 4 is 17.1 Å². The van der Waals surface area contributed by atoms with Crippen molar-refractivity contribution in [3.05, 3.63) is 45.7 Å². The second kappa shape index (κ2) is 5.32. The fraction of sp³-hybridized carbons (Fsp3) is 0.333. The molecule has 104 valence electrons. The minimum atomic E-state index is -0.290. The largest absolute Gasteiger partial charge is 0.486 e. The zero-order chi connectivity index (χ0) is 14.1. The number of nitrogens with zero attached hydrogens (tertiary/aromatic N) is 1. The highest BCUT2D eigenvalue weighted by atomic mass is 32.1. The molecule has 0 bridgehead atoms. The lowest BCUT2D eigenvalue weighted by atomic mass is 10.2. The van der Waals surface area contributed by atoms with Crippen LogP contribution in [0.15, 0.2) is 24.3 Å². The van der Waals surface area contributed by atoms with E-state index in [1.165, 1.54) is 23.5 Å². The fourth-order valence-corrected chi connectivity index (χ4v) is 2.96. The van der Waals surface area contributed by atoms with Gasteiger partial charge in [0, 0.05) is 12.8 Å². The van der Waals surface area contributed by atoms with Gasteiger partial charge in [0.1, 0.15) is 23.2 Å². The lowest BCUT2D eigenvalue weighted by molar-refractivity contribution is 0.102. The van der Waals surface area contributed by atoms with E-state index in [4.69, 9.17) is 4.74 Å². The summed E-state index contributed by atoms with van der Waals surface area (Å²) in [5.41, 5.74) is 0.931. The van der Waals surface area contributed by atoms with Gasteiger partial charge >= 0.3 is 0 Å². The standard InChI is InChI=1S/C15H14FNO2S/c1-9(18)15-14(10-2-3-10)17-13(20-15)8-19-12-6-4-11(16)5-7-12/h4-7,10H,2-3,8H2,1H3. The SMILES string of the molecule is CC(=O)c1sc(COc2ccc(F)cc2)nc1C1CC1. The number of aromatic nitrogens is 1. The summed E-state index contributed by atoms with van der Waals surface area (Å²) in [6.45, 7) is 1.88. The van der Waals surface area contributed by atoms with E-state index in [9.17, 15) is 9.18 Å². The van der Waals surface area contributed by atoms with Crippen LogP contribution in [0.2, 0.25) is 0 Å². The first-order chi connectivity index (χ1) is 9.63. The molecule has 0 spiro atoms. The van der Waals surface area contributed by atoms with E-state index < -0.39 is 0 Å². The van der Waals surface area contributed by atoms with Crippen molar-refractivity contribution in [2.24, 2.45) is 0 Å². The van der Waals surface area contributed by atoms with Crippen LogP contribution < -0.4 is 4.74 Å². The highest BCUT2D eigenvalue weighted by molar-refractivity contribution is 7.13. The zero-order valence-electron chi connectivity index (χ0n) is 11.1. The molecule has 1 fully saturated rings. The lowest BCUT2D eigenvalue weighted by Crippen LogP contribution is -1.96. The van der Waals surface area contributed by atoms with Gasteiger partial charge in [0.25, 0.3) is 0 Å². The van der Waals surface area contributed by atoms with Gasteiger partial charge in [-0.05, 0) is 37.1 Å². The number of carbonyl (C=O) groups excluding carboxylic acids is 1. The molecule has 0 aliphatic heterocycles. The fourth-order valence-electron chi connectivity index (χ4n) is 2.00. The van der Waals surface area contributed by atoms with Crippen LogP contribution in [0.5, 0.6) is 5.75 Å². The second-order valence-electron chi connectivity index (χ2n) is 4.90. The van der Waals surface area contributed by atoms with Gasteiger partial charge in [-0.3, -0.25) is 4.79 Å². The molecule has 3 nitrogen and oxygen atoms in total. The third-order valence-electron chi connectivity index (χ3n) is 3.16. The Bertz CT molecular complexity index is 632. The minimum absolute atomic E-state index is 0.0671. The summed E-state index contributed by atoms with van der Waals surface area (Å²) >= 11 is 1.40. The van der Waals surface area contributed by atoms with Crippen molar-refractivity contribution in [1.82, 2.24) is 4.98 Å². The quantitative estimate of drug-likeness (QED) is 0.783. The maximum absolute atomic E-state index is 12.8. The highest BCUT2D eigenvalue weighted by Gasteiger charge is 2.31. The molecule has 2 aromatic rings. The van der Waals surface area contributed by atoms with E-state index in [1.54, 1.807) is 19.1 Å². The molecule has 0 saturated heterocycles. The van der Waals surface area contributed by atoms with Crippen LogP contribution in [0.4, 0.5) is 4.39 Å². The van der Waals surface area contributed by atoms with Gasteiger partial charge in [-0.2, -0.15) is 0 Å². The molecule has 0 unspecified atom stereocenters. The van der Waals surface area contributed by atoms with Gasteiger partial charge in [0.05, 0.1) is 10.6 Å². The molecular weight excluding hydrogens is 277 g/mol. The zero-order valence-corrected chi connectivity index (χ0v) is 11.9. The summed E-state index contributed by atoms with van der Waals surface area (Å²) in [7, 11) is 0. The van der Waals surface area contributed by atoms with Gasteiger partial charge < -0.3 is 4.74 Å². The lowest BCUT2D eigenvalue weighted by Gasteiger charge is -2.02. The van der Waals surface area contributed by atoms with Crippen molar-refractivity contribution < 1.29 is 13.9 Å². The third-order valence-corrected chi connectivity index (χ3v) is 4.30. The molecule has 0 atom stereocenters. The molecule has 1 aromatic carbocycles. The third kappa shape index (κ3) is 2.88. The minimum Gasteiger partial charge on any atom is -0.486 e. The molecule has 3 rings (SSSR count). The van der Waals surface area contributed by atoms with Crippen LogP contribution in [0.3, 0.4) is 0 Å². The van der Waals surface area contributed by atoms with Crippen LogP contribution in [0.1, 0.15) is 46.1 Å². The van der Waals surface area contributed by atoms with E-state index >= 15 is 0 Å². The maximum Gasteiger partial charge on any atom is 0.171 e. The summed E-state index contributed by atoms with van der Waals surface area (Å²) in [4.78, 5) is 16.9. The predicted octanol–water partition coefficient (Wildman–Crippen LogP) is 3.94. The summed E-state index contributed by atoms with van der Waals surface area (Å²) < 4.78 is 18.4. The van der Waals surface area contributed by atoms with Crippen LogP contribution in [0.25, 0.3) is 0 Å². The van der Waals surface area contributed by atoms with E-state index in [1.807, 2.05) is 0 Å². The maximum atomic E-state index is 12.8. The van der Waals surface area contributed by atoms with Gasteiger partial charge in [0.2, 0.25) is 0 Å². The Morgan fingerprint density at radius 1 is 1.40 bits per heavy atom. The summed E-state index contributed by atoms with van der Waals surface area (Å²) in [6.07, 6.45) is 2.23. The molecular formula is C15H14FNO2S. The summed E-state index contributed by atoms with van der Waals surface area (Å²) in [5, 5.41) is 0.793. The molecule has 1 saturated carbocycles. The Morgan fingerprint density at radius 2 is 2.10 bits per heavy atom. The molecule has 1 aliphatic rings. The number of ketones is 1. The number of hydrogen-bond acceptors (Lipinski definition) is 4. The van der Waals surface area contributed by atoms with Crippen molar-refractivity contribution in [1.29, 1.82) is 0 Å². The van der Waals surface area contributed by atoms with Gasteiger partial charge in [-0.1, -0.05) is 0 Å². The van der Waals surface area contributed by atoms with Crippen LogP contribution in [-0.4, -0.2) is 10.8 Å². The Labute approximate surface area is 120 Å². The molecule has 1 heterocycles. The Morgan fingerprint density at radius 3 is 2.70 bits per heavy atom. The molecule has 1 aliphatic carbocycles. The smallest absolute Gasteiger partial charge is 0.171 e.